The number of hydrogen-bond acceptors (Lipinski definition) is 4. The first-order chi connectivity index (χ1) is 10.6. The Kier molecular flexibility index (Phi) is 2.58. The van der Waals surface area contributed by atoms with Gasteiger partial charge in [-0.05, 0) is 24.5 Å². The molecule has 1 aromatic rings. The molecule has 1 saturated carbocycles. The number of nitrogens with zero attached hydrogens (tertiary/aromatic N) is 1. The van der Waals surface area contributed by atoms with E-state index in [0.717, 1.165) is 12.1 Å². The van der Waals surface area contributed by atoms with Crippen LogP contribution in [0.3, 0.4) is 0 Å². The van der Waals surface area contributed by atoms with Crippen LogP contribution in [0, 0.1) is 11.3 Å². The Hall–Kier alpha value is -2.43. The lowest BCUT2D eigenvalue weighted by Crippen LogP contribution is -2.41. The van der Waals surface area contributed by atoms with E-state index >= 15 is 0 Å². The number of allylic oxidation sites excluding steroid dienone is 2. The molecule has 3 aliphatic rings. The lowest BCUT2D eigenvalue weighted by atomic mass is 9.92. The summed E-state index contributed by atoms with van der Waals surface area (Å²) in [7, 11) is 1.51. The van der Waals surface area contributed by atoms with Gasteiger partial charge in [0.25, 0.3) is 0 Å². The molecule has 1 fully saturated rings. The van der Waals surface area contributed by atoms with Crippen LogP contribution in [0.15, 0.2) is 47.6 Å². The zero-order valence-corrected chi connectivity index (χ0v) is 12.4. The lowest BCUT2D eigenvalue weighted by Gasteiger charge is -2.27. The van der Waals surface area contributed by atoms with Gasteiger partial charge in [0.2, 0.25) is 5.91 Å². The van der Waals surface area contributed by atoms with Gasteiger partial charge in [-0.15, -0.1) is 0 Å². The number of aliphatic hydroxyl groups is 1. The average molecular weight is 298 g/mol. The van der Waals surface area contributed by atoms with E-state index in [1.165, 1.54) is 18.7 Å². The molecule has 2 atom stereocenters. The smallest absolute Gasteiger partial charge is 0.239 e. The molecule has 0 aromatic heterocycles. The highest BCUT2D eigenvalue weighted by molar-refractivity contribution is 6.04. The van der Waals surface area contributed by atoms with Crippen LogP contribution in [0.2, 0.25) is 0 Å². The van der Waals surface area contributed by atoms with Crippen LogP contribution in [0.25, 0.3) is 0 Å². The number of rotatable bonds is 2. The molecule has 3 N–H and O–H groups in total. The fourth-order valence-corrected chi connectivity index (χ4v) is 3.82. The third kappa shape index (κ3) is 1.51. The van der Waals surface area contributed by atoms with Gasteiger partial charge in [-0.3, -0.25) is 4.79 Å². The molecule has 5 heteroatoms. The Labute approximate surface area is 128 Å². The third-order valence-corrected chi connectivity index (χ3v) is 5.07. The van der Waals surface area contributed by atoms with Gasteiger partial charge in [-0.1, -0.05) is 18.2 Å². The zero-order chi connectivity index (χ0) is 15.5. The summed E-state index contributed by atoms with van der Waals surface area (Å²) in [5.41, 5.74) is 7.97. The highest BCUT2D eigenvalue weighted by atomic mass is 16.5. The van der Waals surface area contributed by atoms with Crippen molar-refractivity contribution in [3.63, 3.8) is 0 Å². The Balaban J connectivity index is 1.71. The maximum absolute atomic E-state index is 13.2. The summed E-state index contributed by atoms with van der Waals surface area (Å²) in [6.45, 7) is 0.679. The van der Waals surface area contributed by atoms with Crippen LogP contribution in [-0.2, 0) is 16.0 Å². The molecule has 114 valence electrons. The second-order valence-corrected chi connectivity index (χ2v) is 6.12. The first kappa shape index (κ1) is 13.2. The van der Waals surface area contributed by atoms with Crippen LogP contribution in [0.1, 0.15) is 12.0 Å². The molecule has 0 saturated heterocycles. The fourth-order valence-electron chi connectivity index (χ4n) is 3.82. The average Bonchev–Trinajstić information content (AvgIpc) is 3.13. The van der Waals surface area contributed by atoms with Gasteiger partial charge in [-0.25, -0.2) is 0 Å². The summed E-state index contributed by atoms with van der Waals surface area (Å²) < 4.78 is 5.27. The Morgan fingerprint density at radius 3 is 3.00 bits per heavy atom. The molecular formula is C17H18N2O3. The molecule has 1 aliphatic heterocycles. The van der Waals surface area contributed by atoms with Gasteiger partial charge in [0.15, 0.2) is 5.76 Å². The van der Waals surface area contributed by atoms with Crippen molar-refractivity contribution < 1.29 is 14.6 Å². The molecule has 0 radical (unpaired) electrons. The largest absolute Gasteiger partial charge is 0.504 e. The minimum atomic E-state index is -0.741. The summed E-state index contributed by atoms with van der Waals surface area (Å²) >= 11 is 0. The van der Waals surface area contributed by atoms with E-state index < -0.39 is 5.41 Å². The van der Waals surface area contributed by atoms with Crippen molar-refractivity contribution >= 4 is 11.6 Å². The molecule has 22 heavy (non-hydrogen) atoms. The third-order valence-electron chi connectivity index (χ3n) is 5.07. The number of hydrogen-bond donors (Lipinski definition) is 2. The number of carbonyl (C=O) groups is 1. The van der Waals surface area contributed by atoms with E-state index in [1.807, 2.05) is 23.1 Å². The molecule has 1 heterocycles. The summed E-state index contributed by atoms with van der Waals surface area (Å²) in [5.74, 6) is 0.365. The maximum Gasteiger partial charge on any atom is 0.239 e. The monoisotopic (exact) mass is 298 g/mol. The quantitative estimate of drug-likeness (QED) is 0.873. The van der Waals surface area contributed by atoms with Gasteiger partial charge in [0.05, 0.1) is 12.5 Å². The van der Waals surface area contributed by atoms with Gasteiger partial charge in [-0.2, -0.15) is 0 Å². The molecule has 2 aliphatic carbocycles. The van der Waals surface area contributed by atoms with Crippen molar-refractivity contribution in [2.75, 3.05) is 18.6 Å². The molecule has 0 spiro atoms. The number of nitrogens with two attached hydrogens (primary N) is 1. The van der Waals surface area contributed by atoms with Crippen molar-refractivity contribution in [1.82, 2.24) is 0 Å². The van der Waals surface area contributed by atoms with Gasteiger partial charge in [0.1, 0.15) is 5.76 Å². The number of amides is 1. The van der Waals surface area contributed by atoms with E-state index in [-0.39, 0.29) is 17.6 Å². The second-order valence-electron chi connectivity index (χ2n) is 6.12. The van der Waals surface area contributed by atoms with E-state index in [9.17, 15) is 9.90 Å². The molecule has 4 rings (SSSR count). The number of benzene rings is 1. The molecule has 2 unspecified atom stereocenters. The Morgan fingerprint density at radius 1 is 1.45 bits per heavy atom. The topological polar surface area (TPSA) is 75.8 Å². The summed E-state index contributed by atoms with van der Waals surface area (Å²) in [4.78, 5) is 15.0. The molecule has 5 nitrogen and oxygen atoms in total. The SMILES string of the molecule is COC1=C(O)C=C(N)C2(C(=O)N3CCc4ccccc43)CC12. The maximum atomic E-state index is 13.2. The minimum Gasteiger partial charge on any atom is -0.504 e. The van der Waals surface area contributed by atoms with Crippen LogP contribution in [-0.4, -0.2) is 24.7 Å². The number of fused-ring (bicyclic) bond motifs is 2. The molecule has 1 aromatic carbocycles. The first-order valence-electron chi connectivity index (χ1n) is 7.44. The second kappa shape index (κ2) is 4.29. The normalized spacial score (nSPS) is 28.9. The summed E-state index contributed by atoms with van der Waals surface area (Å²) in [6.07, 6.45) is 2.92. The Bertz CT molecular complexity index is 737. The van der Waals surface area contributed by atoms with Crippen molar-refractivity contribution in [2.24, 2.45) is 17.1 Å². The number of ether oxygens (including phenoxy) is 1. The van der Waals surface area contributed by atoms with E-state index in [1.54, 1.807) is 0 Å². The van der Waals surface area contributed by atoms with Crippen LogP contribution >= 0.6 is 0 Å². The van der Waals surface area contributed by atoms with Crippen molar-refractivity contribution in [1.29, 1.82) is 0 Å². The van der Waals surface area contributed by atoms with Crippen LogP contribution < -0.4 is 10.6 Å². The molecular weight excluding hydrogens is 280 g/mol. The predicted molar refractivity (Wildman–Crippen MR) is 82.0 cm³/mol. The number of anilines is 1. The summed E-state index contributed by atoms with van der Waals surface area (Å²) in [5, 5.41) is 9.93. The van der Waals surface area contributed by atoms with E-state index in [0.29, 0.717) is 24.4 Å². The summed E-state index contributed by atoms with van der Waals surface area (Å²) in [6, 6.07) is 7.96. The van der Waals surface area contributed by atoms with Gasteiger partial charge < -0.3 is 20.5 Å². The number of carbonyl (C=O) groups excluding carboxylic acids is 1. The zero-order valence-electron chi connectivity index (χ0n) is 12.4. The van der Waals surface area contributed by atoms with Crippen LogP contribution in [0.5, 0.6) is 0 Å². The minimum absolute atomic E-state index is 0.0123. The fraction of sp³-hybridized carbons (Fsp3) is 0.353. The molecule has 1 amide bonds. The standard InChI is InChI=1S/C17H18N2O3/c1-22-15-11-9-17(11,14(18)8-13(15)20)16(21)19-7-6-10-4-2-3-5-12(10)19/h2-5,8,11,20H,6-7,9,18H2,1H3. The highest BCUT2D eigenvalue weighted by Crippen LogP contribution is 2.63. The van der Waals surface area contributed by atoms with Gasteiger partial charge in [0, 0.05) is 29.9 Å². The van der Waals surface area contributed by atoms with Crippen molar-refractivity contribution in [2.45, 2.75) is 12.8 Å². The number of aliphatic hydroxyl groups excluding tert-OH is 1. The van der Waals surface area contributed by atoms with Crippen molar-refractivity contribution in [3.05, 3.63) is 53.1 Å². The van der Waals surface area contributed by atoms with Gasteiger partial charge >= 0.3 is 0 Å². The predicted octanol–water partition coefficient (Wildman–Crippen LogP) is 1.85. The lowest BCUT2D eigenvalue weighted by molar-refractivity contribution is -0.122. The Morgan fingerprint density at radius 2 is 2.23 bits per heavy atom. The van der Waals surface area contributed by atoms with E-state index in [2.05, 4.69) is 6.07 Å². The van der Waals surface area contributed by atoms with E-state index in [4.69, 9.17) is 10.5 Å². The van der Waals surface area contributed by atoms with Crippen molar-refractivity contribution in [3.8, 4) is 0 Å². The van der Waals surface area contributed by atoms with Crippen LogP contribution in [0.4, 0.5) is 5.69 Å². The highest BCUT2D eigenvalue weighted by Gasteiger charge is 2.67. The number of para-hydroxylation sites is 1. The first-order valence-corrected chi connectivity index (χ1v) is 7.44. The number of methoxy groups -OCH3 is 1. The molecule has 0 bridgehead atoms.